The van der Waals surface area contributed by atoms with Crippen molar-refractivity contribution in [2.75, 3.05) is 6.54 Å². The Bertz CT molecular complexity index is 335. The van der Waals surface area contributed by atoms with Crippen LogP contribution < -0.4 is 11.1 Å². The molecule has 0 saturated heterocycles. The van der Waals surface area contributed by atoms with Crippen LogP contribution in [0.4, 0.5) is 0 Å². The van der Waals surface area contributed by atoms with Crippen LogP contribution in [0.2, 0.25) is 0 Å². The third-order valence-corrected chi connectivity index (χ3v) is 3.73. The van der Waals surface area contributed by atoms with Gasteiger partial charge in [0.25, 0.3) is 0 Å². The SMILES string of the molecule is CCC(C)NC1(CN)Cc2ccccc2C1. The maximum atomic E-state index is 5.99. The van der Waals surface area contributed by atoms with Gasteiger partial charge in [-0.15, -0.1) is 0 Å². The lowest BCUT2D eigenvalue weighted by molar-refractivity contribution is 0.306. The van der Waals surface area contributed by atoms with E-state index in [1.807, 2.05) is 0 Å². The molecule has 1 atom stereocenters. The van der Waals surface area contributed by atoms with Crippen molar-refractivity contribution >= 4 is 0 Å². The summed E-state index contributed by atoms with van der Waals surface area (Å²) in [6, 6.07) is 9.23. The van der Waals surface area contributed by atoms with Crippen LogP contribution in [0, 0.1) is 0 Å². The summed E-state index contributed by atoms with van der Waals surface area (Å²) >= 11 is 0. The first-order valence-corrected chi connectivity index (χ1v) is 6.23. The van der Waals surface area contributed by atoms with Crippen LogP contribution >= 0.6 is 0 Å². The van der Waals surface area contributed by atoms with Gasteiger partial charge < -0.3 is 11.1 Å². The van der Waals surface area contributed by atoms with E-state index < -0.39 is 0 Å². The molecule has 3 N–H and O–H groups in total. The topological polar surface area (TPSA) is 38.0 Å². The summed E-state index contributed by atoms with van der Waals surface area (Å²) in [6.07, 6.45) is 3.30. The van der Waals surface area contributed by atoms with Gasteiger partial charge in [0.15, 0.2) is 0 Å². The van der Waals surface area contributed by atoms with Gasteiger partial charge in [0.05, 0.1) is 0 Å². The number of benzene rings is 1. The average molecular weight is 218 g/mol. The summed E-state index contributed by atoms with van der Waals surface area (Å²) in [5.74, 6) is 0. The van der Waals surface area contributed by atoms with Crippen molar-refractivity contribution in [1.29, 1.82) is 0 Å². The number of nitrogens with one attached hydrogen (secondary N) is 1. The predicted octanol–water partition coefficient (Wildman–Crippen LogP) is 1.87. The van der Waals surface area contributed by atoms with E-state index in [4.69, 9.17) is 5.73 Å². The van der Waals surface area contributed by atoms with Crippen molar-refractivity contribution in [3.8, 4) is 0 Å². The monoisotopic (exact) mass is 218 g/mol. The Hall–Kier alpha value is -0.860. The second-order valence-corrected chi connectivity index (χ2v) is 5.06. The van der Waals surface area contributed by atoms with Crippen molar-refractivity contribution in [2.24, 2.45) is 5.73 Å². The molecule has 0 amide bonds. The van der Waals surface area contributed by atoms with Crippen LogP contribution in [0.15, 0.2) is 24.3 Å². The third-order valence-electron chi connectivity index (χ3n) is 3.73. The Morgan fingerprint density at radius 3 is 2.31 bits per heavy atom. The van der Waals surface area contributed by atoms with E-state index in [1.54, 1.807) is 0 Å². The zero-order valence-corrected chi connectivity index (χ0v) is 10.3. The molecule has 0 bridgehead atoms. The molecule has 16 heavy (non-hydrogen) atoms. The quantitative estimate of drug-likeness (QED) is 0.809. The molecule has 0 heterocycles. The van der Waals surface area contributed by atoms with Crippen LogP contribution in [-0.4, -0.2) is 18.1 Å². The van der Waals surface area contributed by atoms with Gasteiger partial charge >= 0.3 is 0 Å². The van der Waals surface area contributed by atoms with E-state index in [0.29, 0.717) is 12.6 Å². The summed E-state index contributed by atoms with van der Waals surface area (Å²) < 4.78 is 0. The average Bonchev–Trinajstić information content (AvgIpc) is 2.67. The third kappa shape index (κ3) is 2.13. The number of rotatable bonds is 4. The Balaban J connectivity index is 2.16. The van der Waals surface area contributed by atoms with E-state index in [1.165, 1.54) is 11.1 Å². The lowest BCUT2D eigenvalue weighted by atomic mass is 9.94. The first-order chi connectivity index (χ1) is 7.69. The minimum Gasteiger partial charge on any atom is -0.329 e. The van der Waals surface area contributed by atoms with Crippen molar-refractivity contribution in [3.05, 3.63) is 35.4 Å². The molecule has 1 unspecified atom stereocenters. The maximum absolute atomic E-state index is 5.99. The van der Waals surface area contributed by atoms with E-state index in [-0.39, 0.29) is 5.54 Å². The number of hydrogen-bond donors (Lipinski definition) is 2. The normalized spacial score (nSPS) is 19.4. The van der Waals surface area contributed by atoms with Crippen LogP contribution in [0.3, 0.4) is 0 Å². The van der Waals surface area contributed by atoms with Gasteiger partial charge in [-0.1, -0.05) is 31.2 Å². The maximum Gasteiger partial charge on any atom is 0.0387 e. The van der Waals surface area contributed by atoms with Gasteiger partial charge in [-0.25, -0.2) is 0 Å². The van der Waals surface area contributed by atoms with Crippen molar-refractivity contribution < 1.29 is 0 Å². The lowest BCUT2D eigenvalue weighted by Crippen LogP contribution is -2.55. The number of hydrogen-bond acceptors (Lipinski definition) is 2. The molecular formula is C14H22N2. The van der Waals surface area contributed by atoms with Crippen LogP contribution in [0.1, 0.15) is 31.4 Å². The largest absolute Gasteiger partial charge is 0.329 e. The first kappa shape index (κ1) is 11.6. The zero-order chi connectivity index (χ0) is 11.6. The zero-order valence-electron chi connectivity index (χ0n) is 10.3. The molecule has 0 radical (unpaired) electrons. The first-order valence-electron chi connectivity index (χ1n) is 6.23. The lowest BCUT2D eigenvalue weighted by Gasteiger charge is -2.32. The van der Waals surface area contributed by atoms with Gasteiger partial charge in [0, 0.05) is 18.1 Å². The molecule has 2 nitrogen and oxygen atoms in total. The van der Waals surface area contributed by atoms with E-state index in [0.717, 1.165) is 19.3 Å². The molecule has 2 heteroatoms. The molecule has 0 saturated carbocycles. The summed E-state index contributed by atoms with van der Waals surface area (Å²) in [5.41, 5.74) is 9.01. The summed E-state index contributed by atoms with van der Waals surface area (Å²) in [5, 5.41) is 3.71. The Morgan fingerprint density at radius 1 is 1.31 bits per heavy atom. The van der Waals surface area contributed by atoms with E-state index >= 15 is 0 Å². The molecule has 1 aromatic carbocycles. The van der Waals surface area contributed by atoms with Gasteiger partial charge in [-0.3, -0.25) is 0 Å². The van der Waals surface area contributed by atoms with Crippen LogP contribution in [0.5, 0.6) is 0 Å². The fourth-order valence-electron chi connectivity index (χ4n) is 2.62. The molecule has 2 rings (SSSR count). The van der Waals surface area contributed by atoms with Gasteiger partial charge in [-0.05, 0) is 37.3 Å². The molecule has 0 fully saturated rings. The molecule has 0 aromatic heterocycles. The minimum absolute atomic E-state index is 0.0963. The van der Waals surface area contributed by atoms with Crippen LogP contribution in [-0.2, 0) is 12.8 Å². The highest BCUT2D eigenvalue weighted by molar-refractivity contribution is 5.36. The Labute approximate surface area is 98.2 Å². The standard InChI is InChI=1S/C14H22N2/c1-3-11(2)16-14(10-15)8-12-6-4-5-7-13(12)9-14/h4-7,11,16H,3,8-10,15H2,1-2H3. The van der Waals surface area contributed by atoms with Gasteiger partial charge in [0.2, 0.25) is 0 Å². The molecule has 1 aliphatic rings. The molecule has 1 aromatic rings. The van der Waals surface area contributed by atoms with Gasteiger partial charge in [0.1, 0.15) is 0 Å². The number of fused-ring (bicyclic) bond motifs is 1. The smallest absolute Gasteiger partial charge is 0.0387 e. The molecule has 88 valence electrons. The Kier molecular flexibility index (Phi) is 3.31. The summed E-state index contributed by atoms with van der Waals surface area (Å²) in [6.45, 7) is 5.16. The second-order valence-electron chi connectivity index (χ2n) is 5.06. The molecular weight excluding hydrogens is 196 g/mol. The minimum atomic E-state index is 0.0963. The highest BCUT2D eigenvalue weighted by Gasteiger charge is 2.36. The van der Waals surface area contributed by atoms with Crippen LogP contribution in [0.25, 0.3) is 0 Å². The van der Waals surface area contributed by atoms with E-state index in [9.17, 15) is 0 Å². The fourth-order valence-corrected chi connectivity index (χ4v) is 2.62. The fraction of sp³-hybridized carbons (Fsp3) is 0.571. The number of nitrogens with two attached hydrogens (primary N) is 1. The molecule has 0 spiro atoms. The van der Waals surface area contributed by atoms with Gasteiger partial charge in [-0.2, -0.15) is 0 Å². The van der Waals surface area contributed by atoms with E-state index in [2.05, 4.69) is 43.4 Å². The summed E-state index contributed by atoms with van der Waals surface area (Å²) in [4.78, 5) is 0. The molecule has 0 aliphatic heterocycles. The van der Waals surface area contributed by atoms with Crippen molar-refractivity contribution in [2.45, 2.75) is 44.7 Å². The highest BCUT2D eigenvalue weighted by Crippen LogP contribution is 2.29. The highest BCUT2D eigenvalue weighted by atomic mass is 15.0. The van der Waals surface area contributed by atoms with Crippen molar-refractivity contribution in [3.63, 3.8) is 0 Å². The second kappa shape index (κ2) is 4.56. The Morgan fingerprint density at radius 2 is 1.88 bits per heavy atom. The predicted molar refractivity (Wildman–Crippen MR) is 68.5 cm³/mol. The van der Waals surface area contributed by atoms with Crippen molar-refractivity contribution in [1.82, 2.24) is 5.32 Å². The molecule has 1 aliphatic carbocycles. The summed E-state index contributed by atoms with van der Waals surface area (Å²) in [7, 11) is 0.